The molecule has 0 heterocycles. The van der Waals surface area contributed by atoms with Crippen LogP contribution in [-0.4, -0.2) is 9.07 Å². The second-order valence-corrected chi connectivity index (χ2v) is 3.61. The molecule has 0 saturated heterocycles. The first-order valence-corrected chi connectivity index (χ1v) is 3.93. The second kappa shape index (κ2) is 2.54. The SMILES string of the molecule is CC1(C)C=CC(=S=O)C=C1. The van der Waals surface area contributed by atoms with E-state index in [-0.39, 0.29) is 5.41 Å². The summed E-state index contributed by atoms with van der Waals surface area (Å²) in [7, 11) is 0. The van der Waals surface area contributed by atoms with Gasteiger partial charge >= 0.3 is 0 Å². The Kier molecular flexibility index (Phi) is 1.90. The smallest absolute Gasteiger partial charge is 0.0965 e. The van der Waals surface area contributed by atoms with Crippen LogP contribution >= 0.6 is 0 Å². The average Bonchev–Trinajstić information content (AvgIpc) is 1.88. The van der Waals surface area contributed by atoms with E-state index in [1.807, 2.05) is 24.3 Å². The maximum absolute atomic E-state index is 10.3. The van der Waals surface area contributed by atoms with E-state index in [1.165, 1.54) is 0 Å². The molecule has 1 aliphatic rings. The number of hydrogen-bond acceptors (Lipinski definition) is 1. The third-order valence-corrected chi connectivity index (χ3v) is 1.92. The van der Waals surface area contributed by atoms with E-state index in [9.17, 15) is 4.21 Å². The van der Waals surface area contributed by atoms with Gasteiger partial charge in [-0.2, -0.15) is 0 Å². The van der Waals surface area contributed by atoms with Crippen LogP contribution in [0.25, 0.3) is 0 Å². The Balaban J connectivity index is 2.91. The summed E-state index contributed by atoms with van der Waals surface area (Å²) in [5.74, 6) is 0. The summed E-state index contributed by atoms with van der Waals surface area (Å²) in [6, 6.07) is 0. The van der Waals surface area contributed by atoms with E-state index in [2.05, 4.69) is 13.8 Å². The van der Waals surface area contributed by atoms with Gasteiger partial charge < -0.3 is 0 Å². The van der Waals surface area contributed by atoms with Crippen LogP contribution in [0.4, 0.5) is 0 Å². The van der Waals surface area contributed by atoms with Gasteiger partial charge in [-0.15, -0.1) is 0 Å². The highest BCUT2D eigenvalue weighted by Gasteiger charge is 2.11. The Morgan fingerprint density at radius 2 is 1.80 bits per heavy atom. The molecule has 0 aromatic rings. The van der Waals surface area contributed by atoms with Crippen LogP contribution in [0.5, 0.6) is 0 Å². The molecule has 0 aromatic carbocycles. The quantitative estimate of drug-likeness (QED) is 0.483. The lowest BCUT2D eigenvalue weighted by Gasteiger charge is -2.16. The van der Waals surface area contributed by atoms with Crippen molar-refractivity contribution in [2.45, 2.75) is 13.8 Å². The minimum atomic E-state index is 0.124. The van der Waals surface area contributed by atoms with Gasteiger partial charge in [-0.1, -0.05) is 26.0 Å². The van der Waals surface area contributed by atoms with Gasteiger partial charge in [-0.05, 0) is 12.2 Å². The summed E-state index contributed by atoms with van der Waals surface area (Å²) >= 11 is 0.540. The molecule has 1 aliphatic carbocycles. The zero-order chi connectivity index (χ0) is 7.61. The third kappa shape index (κ3) is 1.67. The normalized spacial score (nSPS) is 21.2. The lowest BCUT2D eigenvalue weighted by molar-refractivity contribution is 0.625. The van der Waals surface area contributed by atoms with Crippen LogP contribution in [0.2, 0.25) is 0 Å². The Morgan fingerprint density at radius 1 is 1.30 bits per heavy atom. The van der Waals surface area contributed by atoms with E-state index >= 15 is 0 Å². The van der Waals surface area contributed by atoms with Gasteiger partial charge in [0.15, 0.2) is 0 Å². The molecular formula is C8H10OS. The highest BCUT2D eigenvalue weighted by atomic mass is 32.1. The van der Waals surface area contributed by atoms with Gasteiger partial charge in [-0.3, -0.25) is 0 Å². The molecule has 10 heavy (non-hydrogen) atoms. The van der Waals surface area contributed by atoms with Crippen molar-refractivity contribution >= 4 is 16.1 Å². The highest BCUT2D eigenvalue weighted by molar-refractivity contribution is 7.67. The zero-order valence-electron chi connectivity index (χ0n) is 6.13. The molecule has 2 heteroatoms. The van der Waals surface area contributed by atoms with Crippen molar-refractivity contribution in [3.05, 3.63) is 24.3 Å². The van der Waals surface area contributed by atoms with Crippen LogP contribution in [0.1, 0.15) is 13.8 Å². The first kappa shape index (κ1) is 7.48. The van der Waals surface area contributed by atoms with Crippen molar-refractivity contribution in [3.8, 4) is 0 Å². The minimum Gasteiger partial charge on any atom is -0.212 e. The van der Waals surface area contributed by atoms with Gasteiger partial charge in [0.2, 0.25) is 0 Å². The fraction of sp³-hybridized carbons (Fsp3) is 0.375. The summed E-state index contributed by atoms with van der Waals surface area (Å²) in [4.78, 5) is 0.791. The number of allylic oxidation sites excluding steroid dienone is 4. The van der Waals surface area contributed by atoms with Crippen LogP contribution in [-0.2, 0) is 11.3 Å². The molecule has 0 atom stereocenters. The Morgan fingerprint density at radius 3 is 2.20 bits per heavy atom. The van der Waals surface area contributed by atoms with Crippen molar-refractivity contribution in [1.29, 1.82) is 0 Å². The standard InChI is InChI=1S/C8H10OS/c1-8(2)5-3-7(10-9)4-6-8/h3-6H,1-2H3. The highest BCUT2D eigenvalue weighted by Crippen LogP contribution is 2.21. The van der Waals surface area contributed by atoms with Gasteiger partial charge in [0, 0.05) is 5.41 Å². The van der Waals surface area contributed by atoms with E-state index in [1.54, 1.807) is 0 Å². The molecule has 0 fully saturated rings. The lowest BCUT2D eigenvalue weighted by Crippen LogP contribution is -2.08. The van der Waals surface area contributed by atoms with Crippen LogP contribution in [0.3, 0.4) is 0 Å². The van der Waals surface area contributed by atoms with E-state index in [0.29, 0.717) is 11.3 Å². The molecule has 0 saturated carbocycles. The van der Waals surface area contributed by atoms with Gasteiger partial charge in [0.05, 0.1) is 16.1 Å². The first-order valence-electron chi connectivity index (χ1n) is 3.19. The molecule has 0 aliphatic heterocycles. The van der Waals surface area contributed by atoms with Crippen molar-refractivity contribution in [2.75, 3.05) is 0 Å². The number of hydrogen-bond donors (Lipinski definition) is 0. The molecule has 0 N–H and O–H groups in total. The van der Waals surface area contributed by atoms with Crippen LogP contribution < -0.4 is 0 Å². The predicted molar refractivity (Wildman–Crippen MR) is 45.2 cm³/mol. The molecule has 54 valence electrons. The molecule has 0 amide bonds. The molecule has 1 nitrogen and oxygen atoms in total. The van der Waals surface area contributed by atoms with Crippen molar-refractivity contribution in [3.63, 3.8) is 0 Å². The molecule has 0 aromatic heterocycles. The molecular weight excluding hydrogens is 144 g/mol. The summed E-state index contributed by atoms with van der Waals surface area (Å²) in [6.45, 7) is 4.21. The Bertz CT molecular complexity index is 224. The molecule has 0 bridgehead atoms. The minimum absolute atomic E-state index is 0.124. The summed E-state index contributed by atoms with van der Waals surface area (Å²) < 4.78 is 10.3. The van der Waals surface area contributed by atoms with E-state index in [0.717, 1.165) is 4.86 Å². The van der Waals surface area contributed by atoms with Crippen molar-refractivity contribution < 1.29 is 4.21 Å². The fourth-order valence-corrected chi connectivity index (χ4v) is 1.01. The van der Waals surface area contributed by atoms with Crippen LogP contribution in [0.15, 0.2) is 24.3 Å². The largest absolute Gasteiger partial charge is 0.212 e. The summed E-state index contributed by atoms with van der Waals surface area (Å²) in [5, 5.41) is 0. The number of rotatable bonds is 0. The summed E-state index contributed by atoms with van der Waals surface area (Å²) in [6.07, 6.45) is 7.82. The summed E-state index contributed by atoms with van der Waals surface area (Å²) in [5.41, 5.74) is 0.124. The fourth-order valence-electron chi connectivity index (χ4n) is 0.760. The monoisotopic (exact) mass is 154 g/mol. The van der Waals surface area contributed by atoms with E-state index < -0.39 is 0 Å². The lowest BCUT2D eigenvalue weighted by atomic mass is 9.89. The molecule has 0 unspecified atom stereocenters. The second-order valence-electron chi connectivity index (χ2n) is 2.97. The maximum atomic E-state index is 10.3. The molecule has 0 radical (unpaired) electrons. The van der Waals surface area contributed by atoms with Crippen LogP contribution in [0, 0.1) is 5.41 Å². The maximum Gasteiger partial charge on any atom is 0.0965 e. The van der Waals surface area contributed by atoms with Crippen molar-refractivity contribution in [1.82, 2.24) is 0 Å². The van der Waals surface area contributed by atoms with Gasteiger partial charge in [0.25, 0.3) is 0 Å². The molecule has 1 rings (SSSR count). The Labute approximate surface area is 64.5 Å². The predicted octanol–water partition coefficient (Wildman–Crippen LogP) is 1.52. The molecule has 0 spiro atoms. The Hall–Kier alpha value is -0.630. The van der Waals surface area contributed by atoms with Crippen molar-refractivity contribution in [2.24, 2.45) is 5.41 Å². The van der Waals surface area contributed by atoms with Gasteiger partial charge in [0.1, 0.15) is 0 Å². The first-order chi connectivity index (χ1) is 4.64. The third-order valence-electron chi connectivity index (χ3n) is 1.45. The zero-order valence-corrected chi connectivity index (χ0v) is 6.94. The average molecular weight is 154 g/mol. The van der Waals surface area contributed by atoms with Gasteiger partial charge in [-0.25, -0.2) is 4.21 Å². The topological polar surface area (TPSA) is 17.1 Å². The van der Waals surface area contributed by atoms with E-state index in [4.69, 9.17) is 0 Å².